The zero-order valence-electron chi connectivity index (χ0n) is 12.1. The van der Waals surface area contributed by atoms with Crippen molar-refractivity contribution in [2.45, 2.75) is 39.2 Å². The van der Waals surface area contributed by atoms with Crippen LogP contribution in [0.25, 0.3) is 10.9 Å². The number of fused-ring (bicyclic) bond motifs is 1. The number of benzene rings is 1. The number of aliphatic carboxylic acids is 1. The van der Waals surface area contributed by atoms with Gasteiger partial charge in [-0.2, -0.15) is 0 Å². The summed E-state index contributed by atoms with van der Waals surface area (Å²) in [7, 11) is 0. The largest absolute Gasteiger partial charge is 0.481 e. The molecular weight excluding hydrogens is 252 g/mol. The number of anilines is 1. The number of aryl methyl sites for hydroxylation is 1. The molecule has 0 bridgehead atoms. The number of pyridine rings is 1. The van der Waals surface area contributed by atoms with Gasteiger partial charge in [0.1, 0.15) is 0 Å². The number of para-hydroxylation sites is 1. The summed E-state index contributed by atoms with van der Waals surface area (Å²) in [6.45, 7) is 5.99. The minimum atomic E-state index is -0.768. The van der Waals surface area contributed by atoms with Gasteiger partial charge in [0.2, 0.25) is 0 Å². The summed E-state index contributed by atoms with van der Waals surface area (Å²) in [5.41, 5.74) is 2.61. The first-order chi connectivity index (χ1) is 9.37. The summed E-state index contributed by atoms with van der Waals surface area (Å²) < 4.78 is 0. The second-order valence-electron chi connectivity index (χ2n) is 5.73. The Balaban J connectivity index is 2.31. The van der Waals surface area contributed by atoms with Gasteiger partial charge in [-0.15, -0.1) is 0 Å². The van der Waals surface area contributed by atoms with E-state index in [9.17, 15) is 4.79 Å². The maximum absolute atomic E-state index is 10.7. The number of carboxylic acid groups (broad SMARTS) is 1. The quantitative estimate of drug-likeness (QED) is 0.873. The van der Waals surface area contributed by atoms with Crippen LogP contribution in [0.5, 0.6) is 0 Å². The number of rotatable bonds is 5. The molecule has 0 saturated heterocycles. The predicted octanol–water partition coefficient (Wildman–Crippen LogP) is 3.60. The van der Waals surface area contributed by atoms with Crippen molar-refractivity contribution in [2.24, 2.45) is 0 Å². The van der Waals surface area contributed by atoms with Gasteiger partial charge in [-0.3, -0.25) is 9.78 Å². The van der Waals surface area contributed by atoms with E-state index >= 15 is 0 Å². The molecule has 1 aromatic carbocycles. The molecule has 0 amide bonds. The molecule has 2 aromatic rings. The van der Waals surface area contributed by atoms with E-state index in [0.29, 0.717) is 6.42 Å². The van der Waals surface area contributed by atoms with Crippen LogP contribution in [0, 0.1) is 6.92 Å². The SMILES string of the molecule is Cc1cc(NC(C)(C)CCC(=O)O)c2ccccc2n1. The molecule has 106 valence electrons. The molecule has 0 unspecified atom stereocenters. The van der Waals surface area contributed by atoms with Gasteiger partial charge in [-0.1, -0.05) is 18.2 Å². The Kier molecular flexibility index (Phi) is 3.93. The Labute approximate surface area is 118 Å². The third-order valence-electron chi connectivity index (χ3n) is 3.28. The third kappa shape index (κ3) is 3.47. The molecule has 2 rings (SSSR count). The van der Waals surface area contributed by atoms with Crippen molar-refractivity contribution in [2.75, 3.05) is 5.32 Å². The highest BCUT2D eigenvalue weighted by Gasteiger charge is 2.20. The molecule has 20 heavy (non-hydrogen) atoms. The Morgan fingerprint density at radius 1 is 1.35 bits per heavy atom. The highest BCUT2D eigenvalue weighted by molar-refractivity contribution is 5.91. The van der Waals surface area contributed by atoms with Crippen LogP contribution < -0.4 is 5.32 Å². The van der Waals surface area contributed by atoms with Gasteiger partial charge >= 0.3 is 5.97 Å². The maximum Gasteiger partial charge on any atom is 0.303 e. The topological polar surface area (TPSA) is 62.2 Å². The molecule has 0 spiro atoms. The summed E-state index contributed by atoms with van der Waals surface area (Å²) in [6.07, 6.45) is 0.722. The zero-order chi connectivity index (χ0) is 14.8. The van der Waals surface area contributed by atoms with Crippen molar-refractivity contribution >= 4 is 22.6 Å². The molecule has 0 saturated carbocycles. The van der Waals surface area contributed by atoms with E-state index in [1.807, 2.05) is 51.1 Å². The number of carboxylic acids is 1. The molecular formula is C16H20N2O2. The van der Waals surface area contributed by atoms with Gasteiger partial charge in [-0.05, 0) is 39.3 Å². The van der Waals surface area contributed by atoms with Crippen molar-refractivity contribution in [3.63, 3.8) is 0 Å². The average molecular weight is 272 g/mol. The summed E-state index contributed by atoms with van der Waals surface area (Å²) in [6, 6.07) is 9.96. The van der Waals surface area contributed by atoms with Crippen molar-refractivity contribution in [3.8, 4) is 0 Å². The monoisotopic (exact) mass is 272 g/mol. The van der Waals surface area contributed by atoms with Crippen LogP contribution in [0.4, 0.5) is 5.69 Å². The number of hydrogen-bond donors (Lipinski definition) is 2. The lowest BCUT2D eigenvalue weighted by Gasteiger charge is -2.28. The highest BCUT2D eigenvalue weighted by Crippen LogP contribution is 2.27. The van der Waals surface area contributed by atoms with Gasteiger partial charge in [-0.25, -0.2) is 0 Å². The first-order valence-corrected chi connectivity index (χ1v) is 6.74. The summed E-state index contributed by atoms with van der Waals surface area (Å²) in [5.74, 6) is -0.768. The fourth-order valence-corrected chi connectivity index (χ4v) is 2.26. The Hall–Kier alpha value is -2.10. The van der Waals surface area contributed by atoms with E-state index in [0.717, 1.165) is 22.3 Å². The lowest BCUT2D eigenvalue weighted by atomic mass is 9.97. The first-order valence-electron chi connectivity index (χ1n) is 6.74. The number of nitrogens with zero attached hydrogens (tertiary/aromatic N) is 1. The van der Waals surface area contributed by atoms with Crippen LogP contribution in [0.2, 0.25) is 0 Å². The lowest BCUT2D eigenvalue weighted by molar-refractivity contribution is -0.137. The Morgan fingerprint density at radius 2 is 2.05 bits per heavy atom. The van der Waals surface area contributed by atoms with Crippen molar-refractivity contribution in [3.05, 3.63) is 36.0 Å². The molecule has 0 aliphatic heterocycles. The molecule has 0 atom stereocenters. The zero-order valence-corrected chi connectivity index (χ0v) is 12.1. The van der Waals surface area contributed by atoms with Crippen LogP contribution in [0.15, 0.2) is 30.3 Å². The smallest absolute Gasteiger partial charge is 0.303 e. The molecule has 1 aromatic heterocycles. The van der Waals surface area contributed by atoms with Gasteiger partial charge in [0.05, 0.1) is 5.52 Å². The summed E-state index contributed by atoms with van der Waals surface area (Å²) in [5, 5.41) is 13.3. The molecule has 0 radical (unpaired) electrons. The summed E-state index contributed by atoms with van der Waals surface area (Å²) >= 11 is 0. The minimum Gasteiger partial charge on any atom is -0.481 e. The van der Waals surface area contributed by atoms with E-state index < -0.39 is 5.97 Å². The van der Waals surface area contributed by atoms with Crippen LogP contribution in [-0.2, 0) is 4.79 Å². The van der Waals surface area contributed by atoms with Gasteiger partial charge in [0, 0.05) is 28.7 Å². The number of hydrogen-bond acceptors (Lipinski definition) is 3. The normalized spacial score (nSPS) is 11.6. The highest BCUT2D eigenvalue weighted by atomic mass is 16.4. The van der Waals surface area contributed by atoms with Gasteiger partial charge < -0.3 is 10.4 Å². The van der Waals surface area contributed by atoms with Gasteiger partial charge in [0.15, 0.2) is 0 Å². The fraction of sp³-hybridized carbons (Fsp3) is 0.375. The van der Waals surface area contributed by atoms with Crippen LogP contribution >= 0.6 is 0 Å². The molecule has 0 fully saturated rings. The molecule has 4 nitrogen and oxygen atoms in total. The molecule has 0 aliphatic carbocycles. The van der Waals surface area contributed by atoms with Crippen LogP contribution in [-0.4, -0.2) is 21.6 Å². The summed E-state index contributed by atoms with van der Waals surface area (Å²) in [4.78, 5) is 15.2. The second-order valence-corrected chi connectivity index (χ2v) is 5.73. The van der Waals surface area contributed by atoms with E-state index in [4.69, 9.17) is 5.11 Å². The number of nitrogens with one attached hydrogen (secondary N) is 1. The third-order valence-corrected chi connectivity index (χ3v) is 3.28. The maximum atomic E-state index is 10.7. The number of aromatic nitrogens is 1. The van der Waals surface area contributed by atoms with E-state index in [1.54, 1.807) is 0 Å². The van der Waals surface area contributed by atoms with Crippen molar-refractivity contribution in [1.29, 1.82) is 0 Å². The Bertz CT molecular complexity index is 635. The van der Waals surface area contributed by atoms with E-state index in [-0.39, 0.29) is 12.0 Å². The lowest BCUT2D eigenvalue weighted by Crippen LogP contribution is -2.31. The minimum absolute atomic E-state index is 0.155. The predicted molar refractivity (Wildman–Crippen MR) is 81.1 cm³/mol. The van der Waals surface area contributed by atoms with Crippen LogP contribution in [0.1, 0.15) is 32.4 Å². The van der Waals surface area contributed by atoms with E-state index in [1.165, 1.54) is 0 Å². The average Bonchev–Trinajstić information content (AvgIpc) is 2.36. The van der Waals surface area contributed by atoms with Crippen molar-refractivity contribution in [1.82, 2.24) is 4.98 Å². The van der Waals surface area contributed by atoms with Gasteiger partial charge in [0.25, 0.3) is 0 Å². The molecule has 1 heterocycles. The fourth-order valence-electron chi connectivity index (χ4n) is 2.26. The Morgan fingerprint density at radius 3 is 2.75 bits per heavy atom. The standard InChI is InChI=1S/C16H20N2O2/c1-11-10-14(12-6-4-5-7-13(12)17-11)18-16(2,3)9-8-15(19)20/h4-7,10H,8-9H2,1-3H3,(H,17,18)(H,19,20). The van der Waals surface area contributed by atoms with E-state index in [2.05, 4.69) is 10.3 Å². The molecule has 4 heteroatoms. The molecule has 0 aliphatic rings. The van der Waals surface area contributed by atoms with Crippen LogP contribution in [0.3, 0.4) is 0 Å². The first kappa shape index (κ1) is 14.3. The number of carbonyl (C=O) groups is 1. The van der Waals surface area contributed by atoms with Crippen molar-refractivity contribution < 1.29 is 9.90 Å². The second kappa shape index (κ2) is 5.49. The molecule has 2 N–H and O–H groups in total.